The Morgan fingerprint density at radius 3 is 2.75 bits per heavy atom. The summed E-state index contributed by atoms with van der Waals surface area (Å²) in [5.74, 6) is -0.354. The normalized spacial score (nSPS) is 11.1. The zero-order chi connectivity index (χ0) is 17.4. The van der Waals surface area contributed by atoms with Crippen LogP contribution in [-0.4, -0.2) is 26.2 Å². The van der Waals surface area contributed by atoms with E-state index < -0.39 is 0 Å². The first-order valence-corrected chi connectivity index (χ1v) is 8.99. The summed E-state index contributed by atoms with van der Waals surface area (Å²) in [5, 5.41) is 11.9. The monoisotopic (exact) mass is 404 g/mol. The molecule has 0 spiro atoms. The molecule has 2 rings (SSSR count). The number of hydrogen-bond donors (Lipinski definition) is 1. The molecule has 0 aliphatic heterocycles. The van der Waals surface area contributed by atoms with E-state index in [0.29, 0.717) is 19.6 Å². The molecule has 1 N–H and O–H groups in total. The van der Waals surface area contributed by atoms with Crippen LogP contribution in [0.4, 0.5) is 0 Å². The maximum Gasteiger partial charge on any atom is 0.261 e. The summed E-state index contributed by atoms with van der Waals surface area (Å²) < 4.78 is 5.95. The second-order valence-electron chi connectivity index (χ2n) is 4.98. The van der Waals surface area contributed by atoms with E-state index in [1.807, 2.05) is 42.5 Å². The minimum Gasteiger partial charge on any atom is -0.385 e. The number of amides is 1. The molecule has 0 radical (unpaired) electrons. The first-order valence-electron chi connectivity index (χ1n) is 7.38. The van der Waals surface area contributed by atoms with Crippen molar-refractivity contribution in [2.24, 2.45) is 0 Å². The summed E-state index contributed by atoms with van der Waals surface area (Å²) in [6, 6.07) is 13.9. The fraction of sp³-hybridized carbons (Fsp3) is 0.222. The van der Waals surface area contributed by atoms with Crippen LogP contribution in [-0.2, 0) is 9.53 Å². The Kier molecular flexibility index (Phi) is 7.19. The molecule has 1 aromatic heterocycles. The molecule has 1 aromatic carbocycles. The summed E-state index contributed by atoms with van der Waals surface area (Å²) in [5.41, 5.74) is 1.21. The minimum atomic E-state index is -0.354. The number of hydrogen-bond acceptors (Lipinski definition) is 4. The van der Waals surface area contributed by atoms with Gasteiger partial charge in [-0.1, -0.05) is 28.1 Å². The lowest BCUT2D eigenvalue weighted by Gasteiger charge is -2.03. The minimum absolute atomic E-state index is 0.108. The highest BCUT2D eigenvalue weighted by molar-refractivity contribution is 9.10. The number of methoxy groups -OCH3 is 1. The highest BCUT2D eigenvalue weighted by Crippen LogP contribution is 2.30. The first-order chi connectivity index (χ1) is 11.6. The Bertz CT molecular complexity index is 760. The molecule has 2 aromatic rings. The number of carbonyl (C=O) groups is 1. The van der Waals surface area contributed by atoms with Gasteiger partial charge >= 0.3 is 0 Å². The van der Waals surface area contributed by atoms with Gasteiger partial charge in [0.25, 0.3) is 5.91 Å². The molecule has 0 fully saturated rings. The topological polar surface area (TPSA) is 62.1 Å². The van der Waals surface area contributed by atoms with E-state index in [2.05, 4.69) is 21.2 Å². The standard InChI is InChI=1S/C18H17BrN2O2S/c1-23-10-2-9-21-18(22)14(12-20)11-16-7-8-17(24-16)13-3-5-15(19)6-4-13/h3-8,11H,2,9-10H2,1H3,(H,21,22)/b14-11+. The van der Waals surface area contributed by atoms with Gasteiger partial charge in [-0.25, -0.2) is 0 Å². The Labute approximate surface area is 153 Å². The molecule has 24 heavy (non-hydrogen) atoms. The van der Waals surface area contributed by atoms with Gasteiger partial charge in [0.1, 0.15) is 11.6 Å². The van der Waals surface area contributed by atoms with E-state index in [9.17, 15) is 10.1 Å². The van der Waals surface area contributed by atoms with Gasteiger partial charge in [0, 0.05) is 34.5 Å². The van der Waals surface area contributed by atoms with Gasteiger partial charge in [-0.05, 0) is 42.3 Å². The number of carbonyl (C=O) groups excluding carboxylic acids is 1. The average Bonchev–Trinajstić information content (AvgIpc) is 3.05. The molecule has 124 valence electrons. The Morgan fingerprint density at radius 2 is 2.08 bits per heavy atom. The molecule has 0 aliphatic carbocycles. The van der Waals surface area contributed by atoms with E-state index in [0.717, 1.165) is 19.8 Å². The SMILES string of the molecule is COCCCNC(=O)/C(C#N)=C/c1ccc(-c2ccc(Br)cc2)s1. The van der Waals surface area contributed by atoms with E-state index >= 15 is 0 Å². The van der Waals surface area contributed by atoms with Crippen LogP contribution in [0.2, 0.25) is 0 Å². The Hall–Kier alpha value is -1.94. The van der Waals surface area contributed by atoms with Gasteiger partial charge in [-0.15, -0.1) is 11.3 Å². The summed E-state index contributed by atoms with van der Waals surface area (Å²) in [6.45, 7) is 1.06. The van der Waals surface area contributed by atoms with Crippen LogP contribution < -0.4 is 5.32 Å². The van der Waals surface area contributed by atoms with Crippen molar-refractivity contribution in [2.75, 3.05) is 20.3 Å². The third-order valence-corrected chi connectivity index (χ3v) is 4.83. The summed E-state index contributed by atoms with van der Waals surface area (Å²) in [7, 11) is 1.61. The summed E-state index contributed by atoms with van der Waals surface area (Å²) in [4.78, 5) is 14.0. The fourth-order valence-electron chi connectivity index (χ4n) is 2.00. The lowest BCUT2D eigenvalue weighted by atomic mass is 10.2. The highest BCUT2D eigenvalue weighted by atomic mass is 79.9. The molecule has 1 heterocycles. The van der Waals surface area contributed by atoms with Gasteiger partial charge in [0.15, 0.2) is 0 Å². The Morgan fingerprint density at radius 1 is 1.33 bits per heavy atom. The molecule has 0 bridgehead atoms. The van der Waals surface area contributed by atoms with Crippen molar-refractivity contribution in [1.29, 1.82) is 5.26 Å². The van der Waals surface area contributed by atoms with Crippen molar-refractivity contribution < 1.29 is 9.53 Å². The molecule has 4 nitrogen and oxygen atoms in total. The second kappa shape index (κ2) is 9.38. The summed E-state index contributed by atoms with van der Waals surface area (Å²) >= 11 is 4.96. The van der Waals surface area contributed by atoms with E-state index in [-0.39, 0.29) is 11.5 Å². The van der Waals surface area contributed by atoms with Gasteiger partial charge in [-0.2, -0.15) is 5.26 Å². The molecular weight excluding hydrogens is 388 g/mol. The number of nitrogens with zero attached hydrogens (tertiary/aromatic N) is 1. The molecular formula is C18H17BrN2O2S. The van der Waals surface area contributed by atoms with E-state index in [4.69, 9.17) is 4.74 Å². The van der Waals surface area contributed by atoms with Gasteiger partial charge in [0.2, 0.25) is 0 Å². The van der Waals surface area contributed by atoms with Gasteiger partial charge in [-0.3, -0.25) is 4.79 Å². The van der Waals surface area contributed by atoms with Crippen molar-refractivity contribution in [1.82, 2.24) is 5.32 Å². The highest BCUT2D eigenvalue weighted by Gasteiger charge is 2.09. The van der Waals surface area contributed by atoms with Crippen LogP contribution in [0, 0.1) is 11.3 Å². The first kappa shape index (κ1) is 18.4. The quantitative estimate of drug-likeness (QED) is 0.426. The number of thiophene rings is 1. The number of nitrogens with one attached hydrogen (secondary N) is 1. The predicted octanol–water partition coefficient (Wildman–Crippen LogP) is 4.24. The molecule has 0 aliphatic rings. The zero-order valence-corrected chi connectivity index (χ0v) is 15.6. The molecule has 0 saturated heterocycles. The lowest BCUT2D eigenvalue weighted by molar-refractivity contribution is -0.117. The number of halogens is 1. The third-order valence-electron chi connectivity index (χ3n) is 3.22. The van der Waals surface area contributed by atoms with Crippen LogP contribution in [0.5, 0.6) is 0 Å². The van der Waals surface area contributed by atoms with Crippen LogP contribution in [0.1, 0.15) is 11.3 Å². The molecule has 0 atom stereocenters. The van der Waals surface area contributed by atoms with Crippen molar-refractivity contribution in [3.8, 4) is 16.5 Å². The molecule has 1 amide bonds. The van der Waals surface area contributed by atoms with Crippen molar-refractivity contribution in [3.63, 3.8) is 0 Å². The zero-order valence-electron chi connectivity index (χ0n) is 13.2. The van der Waals surface area contributed by atoms with E-state index in [1.54, 1.807) is 24.5 Å². The van der Waals surface area contributed by atoms with Gasteiger partial charge < -0.3 is 10.1 Å². The van der Waals surface area contributed by atoms with Crippen molar-refractivity contribution >= 4 is 39.2 Å². The van der Waals surface area contributed by atoms with Crippen LogP contribution in [0.25, 0.3) is 16.5 Å². The van der Waals surface area contributed by atoms with E-state index in [1.165, 1.54) is 0 Å². The summed E-state index contributed by atoms with van der Waals surface area (Å²) in [6.07, 6.45) is 2.34. The fourth-order valence-corrected chi connectivity index (χ4v) is 3.23. The van der Waals surface area contributed by atoms with Crippen molar-refractivity contribution in [3.05, 3.63) is 51.3 Å². The number of rotatable bonds is 7. The van der Waals surface area contributed by atoms with Gasteiger partial charge in [0.05, 0.1) is 0 Å². The largest absolute Gasteiger partial charge is 0.385 e. The smallest absolute Gasteiger partial charge is 0.261 e. The molecule has 0 unspecified atom stereocenters. The Balaban J connectivity index is 2.07. The second-order valence-corrected chi connectivity index (χ2v) is 7.01. The number of nitriles is 1. The van der Waals surface area contributed by atoms with Crippen LogP contribution in [0.15, 0.2) is 46.4 Å². The van der Waals surface area contributed by atoms with Crippen molar-refractivity contribution in [2.45, 2.75) is 6.42 Å². The molecule has 6 heteroatoms. The number of ether oxygens (including phenoxy) is 1. The van der Waals surface area contributed by atoms with Crippen LogP contribution >= 0.6 is 27.3 Å². The maximum absolute atomic E-state index is 12.0. The third kappa shape index (κ3) is 5.31. The predicted molar refractivity (Wildman–Crippen MR) is 101 cm³/mol. The number of benzene rings is 1. The maximum atomic E-state index is 12.0. The lowest BCUT2D eigenvalue weighted by Crippen LogP contribution is -2.26. The average molecular weight is 405 g/mol. The molecule has 0 saturated carbocycles. The van der Waals surface area contributed by atoms with Crippen LogP contribution in [0.3, 0.4) is 0 Å².